The van der Waals surface area contributed by atoms with Crippen molar-refractivity contribution in [1.82, 2.24) is 19.7 Å². The van der Waals surface area contributed by atoms with Gasteiger partial charge in [-0.3, -0.25) is 4.90 Å². The fourth-order valence-electron chi connectivity index (χ4n) is 3.24. The van der Waals surface area contributed by atoms with Crippen LogP contribution in [0.3, 0.4) is 0 Å². The largest absolute Gasteiger partial charge is 0.391 e. The summed E-state index contributed by atoms with van der Waals surface area (Å²) >= 11 is 0. The van der Waals surface area contributed by atoms with Gasteiger partial charge in [0.05, 0.1) is 19.2 Å². The lowest BCUT2D eigenvalue weighted by Gasteiger charge is -2.31. The van der Waals surface area contributed by atoms with E-state index in [1.165, 1.54) is 18.4 Å². The Hall–Kier alpha value is -1.72. The Balaban J connectivity index is 1.54. The number of likely N-dealkylation sites (tertiary alicyclic amines) is 1. The van der Waals surface area contributed by atoms with Gasteiger partial charge in [-0.2, -0.15) is 5.10 Å². The van der Waals surface area contributed by atoms with Gasteiger partial charge in [0.15, 0.2) is 0 Å². The molecule has 2 aromatic rings. The second kappa shape index (κ2) is 7.70. The molecule has 0 saturated carbocycles. The molecule has 1 aliphatic rings. The van der Waals surface area contributed by atoms with Gasteiger partial charge < -0.3 is 5.11 Å². The number of hydrogen-bond donors (Lipinski definition) is 1. The number of piperidine rings is 1. The normalized spacial score (nSPS) is 18.2. The van der Waals surface area contributed by atoms with Crippen LogP contribution in [0, 0.1) is 0 Å². The summed E-state index contributed by atoms with van der Waals surface area (Å²) in [6, 6.07) is 10.8. The average molecular weight is 314 g/mol. The molecule has 1 atom stereocenters. The highest BCUT2D eigenvalue weighted by atomic mass is 16.3. The van der Waals surface area contributed by atoms with E-state index in [0.29, 0.717) is 12.5 Å². The van der Waals surface area contributed by atoms with Gasteiger partial charge in [-0.1, -0.05) is 37.3 Å². The maximum Gasteiger partial charge on any atom is 0.141 e. The summed E-state index contributed by atoms with van der Waals surface area (Å²) < 4.78 is 1.84. The van der Waals surface area contributed by atoms with Crippen LogP contribution in [0.2, 0.25) is 0 Å². The summed E-state index contributed by atoms with van der Waals surface area (Å²) in [7, 11) is 0. The standard InChI is InChI=1S/C18H26N4O/c1-2-17(23)12-22-18(19-14-20-22)13-21-10-8-16(9-11-21)15-6-4-3-5-7-15/h3-7,14,16-17,23H,2,8-13H2,1H3. The van der Waals surface area contributed by atoms with Crippen LogP contribution in [0.5, 0.6) is 0 Å². The Bertz CT molecular complexity index is 590. The number of aliphatic hydroxyl groups is 1. The molecule has 1 saturated heterocycles. The third kappa shape index (κ3) is 4.18. The van der Waals surface area contributed by atoms with Crippen molar-refractivity contribution < 1.29 is 5.11 Å². The first-order valence-corrected chi connectivity index (χ1v) is 8.58. The molecular formula is C18H26N4O. The highest BCUT2D eigenvalue weighted by Crippen LogP contribution is 2.28. The number of nitrogens with zero attached hydrogens (tertiary/aromatic N) is 4. The summed E-state index contributed by atoms with van der Waals surface area (Å²) in [6.07, 6.45) is 4.36. The van der Waals surface area contributed by atoms with E-state index in [-0.39, 0.29) is 6.10 Å². The second-order valence-electron chi connectivity index (χ2n) is 6.38. The van der Waals surface area contributed by atoms with Crippen LogP contribution in [0.25, 0.3) is 0 Å². The Morgan fingerprint density at radius 3 is 2.65 bits per heavy atom. The van der Waals surface area contributed by atoms with E-state index >= 15 is 0 Å². The minimum Gasteiger partial charge on any atom is -0.391 e. The number of aromatic nitrogens is 3. The van der Waals surface area contributed by atoms with Gasteiger partial charge in [0, 0.05) is 0 Å². The topological polar surface area (TPSA) is 54.2 Å². The summed E-state index contributed by atoms with van der Waals surface area (Å²) in [5.74, 6) is 1.63. The maximum absolute atomic E-state index is 9.82. The van der Waals surface area contributed by atoms with Crippen molar-refractivity contribution in [3.05, 3.63) is 48.0 Å². The Morgan fingerprint density at radius 2 is 1.96 bits per heavy atom. The quantitative estimate of drug-likeness (QED) is 0.890. The molecule has 124 valence electrons. The van der Waals surface area contributed by atoms with E-state index in [9.17, 15) is 5.11 Å². The van der Waals surface area contributed by atoms with Gasteiger partial charge in [-0.05, 0) is 43.8 Å². The minimum atomic E-state index is -0.348. The molecule has 0 spiro atoms. The van der Waals surface area contributed by atoms with Crippen molar-refractivity contribution in [3.8, 4) is 0 Å². The lowest BCUT2D eigenvalue weighted by atomic mass is 9.89. The van der Waals surface area contributed by atoms with E-state index in [2.05, 4.69) is 45.3 Å². The molecule has 1 fully saturated rings. The van der Waals surface area contributed by atoms with E-state index in [1.54, 1.807) is 6.33 Å². The molecule has 0 aliphatic carbocycles. The van der Waals surface area contributed by atoms with Crippen molar-refractivity contribution in [2.24, 2.45) is 0 Å². The molecule has 1 N–H and O–H groups in total. The first-order chi connectivity index (χ1) is 11.3. The van der Waals surface area contributed by atoms with Gasteiger partial charge in [-0.25, -0.2) is 9.67 Å². The van der Waals surface area contributed by atoms with Crippen molar-refractivity contribution in [2.75, 3.05) is 13.1 Å². The van der Waals surface area contributed by atoms with Gasteiger partial charge in [0.25, 0.3) is 0 Å². The highest BCUT2D eigenvalue weighted by Gasteiger charge is 2.22. The molecule has 3 rings (SSSR count). The van der Waals surface area contributed by atoms with Gasteiger partial charge in [0.1, 0.15) is 12.2 Å². The van der Waals surface area contributed by atoms with E-state index in [0.717, 1.165) is 31.9 Å². The molecule has 0 amide bonds. The fraction of sp³-hybridized carbons (Fsp3) is 0.556. The summed E-state index contributed by atoms with van der Waals surface area (Å²) in [5.41, 5.74) is 1.46. The van der Waals surface area contributed by atoms with Crippen LogP contribution >= 0.6 is 0 Å². The lowest BCUT2D eigenvalue weighted by molar-refractivity contribution is 0.139. The molecule has 0 bridgehead atoms. The Kier molecular flexibility index (Phi) is 5.41. The van der Waals surface area contributed by atoms with Crippen LogP contribution in [0.4, 0.5) is 0 Å². The molecule has 2 heterocycles. The molecule has 1 unspecified atom stereocenters. The molecule has 23 heavy (non-hydrogen) atoms. The van der Waals surface area contributed by atoms with E-state index in [1.807, 2.05) is 11.6 Å². The van der Waals surface area contributed by atoms with Crippen molar-refractivity contribution in [1.29, 1.82) is 0 Å². The summed E-state index contributed by atoms with van der Waals surface area (Å²) in [4.78, 5) is 6.82. The third-order valence-electron chi connectivity index (χ3n) is 4.77. The summed E-state index contributed by atoms with van der Waals surface area (Å²) in [6.45, 7) is 5.51. The summed E-state index contributed by atoms with van der Waals surface area (Å²) in [5, 5.41) is 14.1. The molecule has 5 heteroatoms. The zero-order chi connectivity index (χ0) is 16.1. The van der Waals surface area contributed by atoms with Crippen molar-refractivity contribution in [2.45, 2.75) is 51.3 Å². The first kappa shape index (κ1) is 16.1. The number of rotatable bonds is 6. The first-order valence-electron chi connectivity index (χ1n) is 8.58. The highest BCUT2D eigenvalue weighted by molar-refractivity contribution is 5.20. The predicted molar refractivity (Wildman–Crippen MR) is 90.0 cm³/mol. The van der Waals surface area contributed by atoms with Crippen LogP contribution < -0.4 is 0 Å². The lowest BCUT2D eigenvalue weighted by Crippen LogP contribution is -2.34. The average Bonchev–Trinajstić information content (AvgIpc) is 3.03. The van der Waals surface area contributed by atoms with Crippen LogP contribution in [-0.4, -0.2) is 44.0 Å². The van der Waals surface area contributed by atoms with Crippen molar-refractivity contribution >= 4 is 0 Å². The zero-order valence-electron chi connectivity index (χ0n) is 13.8. The van der Waals surface area contributed by atoms with Crippen LogP contribution in [-0.2, 0) is 13.1 Å². The second-order valence-corrected chi connectivity index (χ2v) is 6.38. The molecule has 1 aliphatic heterocycles. The molecule has 1 aromatic heterocycles. The Labute approximate surface area is 138 Å². The third-order valence-corrected chi connectivity index (χ3v) is 4.77. The number of hydrogen-bond acceptors (Lipinski definition) is 4. The predicted octanol–water partition coefficient (Wildman–Crippen LogP) is 2.43. The van der Waals surface area contributed by atoms with E-state index < -0.39 is 0 Å². The number of benzene rings is 1. The fourth-order valence-corrected chi connectivity index (χ4v) is 3.24. The maximum atomic E-state index is 9.82. The van der Waals surface area contributed by atoms with Gasteiger partial charge in [0.2, 0.25) is 0 Å². The van der Waals surface area contributed by atoms with Crippen molar-refractivity contribution in [3.63, 3.8) is 0 Å². The van der Waals surface area contributed by atoms with Gasteiger partial charge in [-0.15, -0.1) is 0 Å². The van der Waals surface area contributed by atoms with Gasteiger partial charge >= 0.3 is 0 Å². The SMILES string of the molecule is CCC(O)Cn1ncnc1CN1CCC(c2ccccc2)CC1. The molecule has 0 radical (unpaired) electrons. The monoisotopic (exact) mass is 314 g/mol. The zero-order valence-corrected chi connectivity index (χ0v) is 13.8. The number of aliphatic hydroxyl groups excluding tert-OH is 1. The van der Waals surface area contributed by atoms with E-state index in [4.69, 9.17) is 0 Å². The minimum absolute atomic E-state index is 0.348. The molecule has 1 aromatic carbocycles. The Morgan fingerprint density at radius 1 is 1.22 bits per heavy atom. The molecular weight excluding hydrogens is 288 g/mol. The van der Waals surface area contributed by atoms with Crippen LogP contribution in [0.1, 0.15) is 43.5 Å². The molecule has 5 nitrogen and oxygen atoms in total. The van der Waals surface area contributed by atoms with Crippen LogP contribution in [0.15, 0.2) is 36.7 Å². The smallest absolute Gasteiger partial charge is 0.141 e.